The smallest absolute Gasteiger partial charge is 0.182 e. The first-order valence-corrected chi connectivity index (χ1v) is 9.79. The molecule has 0 spiro atoms. The minimum atomic E-state index is -3.40. The lowest BCUT2D eigenvalue weighted by molar-refractivity contribution is 0.595. The van der Waals surface area contributed by atoms with Gasteiger partial charge in [-0.1, -0.05) is 30.3 Å². The van der Waals surface area contributed by atoms with E-state index in [1.165, 1.54) is 0 Å². The predicted octanol–water partition coefficient (Wildman–Crippen LogP) is 2.72. The summed E-state index contributed by atoms with van der Waals surface area (Å²) in [5.41, 5.74) is 1.47. The zero-order chi connectivity index (χ0) is 15.1. The molecule has 0 N–H and O–H groups in total. The third-order valence-electron chi connectivity index (χ3n) is 3.38. The molecule has 2 aromatic carbocycles. The molecule has 1 aliphatic heterocycles. The molecule has 1 aliphatic rings. The van der Waals surface area contributed by atoms with Crippen LogP contribution < -0.4 is 0 Å². The zero-order valence-electron chi connectivity index (χ0n) is 11.2. The summed E-state index contributed by atoms with van der Waals surface area (Å²) >= 11 is 0. The second-order valence-electron chi connectivity index (χ2n) is 4.97. The summed E-state index contributed by atoms with van der Waals surface area (Å²) in [6, 6.07) is 13.6. The second kappa shape index (κ2) is 4.86. The van der Waals surface area contributed by atoms with Crippen molar-refractivity contribution in [1.29, 1.82) is 0 Å². The summed E-state index contributed by atoms with van der Waals surface area (Å²) < 4.78 is 37.0. The van der Waals surface area contributed by atoms with Crippen LogP contribution in [0, 0.1) is 0 Å². The molecule has 0 radical (unpaired) electrons. The van der Waals surface area contributed by atoms with E-state index >= 15 is 0 Å². The Bertz CT molecular complexity index is 923. The first kappa shape index (κ1) is 14.1. The summed E-state index contributed by atoms with van der Waals surface area (Å²) in [5.74, 6) is 3.59. The third kappa shape index (κ3) is 2.66. The van der Waals surface area contributed by atoms with Crippen molar-refractivity contribution in [3.05, 3.63) is 65.1 Å². The van der Waals surface area contributed by atoms with Gasteiger partial charge in [-0.15, -0.1) is 0 Å². The molecule has 1 unspecified atom stereocenters. The van der Waals surface area contributed by atoms with Crippen LogP contribution in [0.25, 0.3) is 6.08 Å². The maximum absolute atomic E-state index is 12.4. The Hall–Kier alpha value is -1.85. The molecule has 0 fully saturated rings. The van der Waals surface area contributed by atoms with Gasteiger partial charge in [-0.3, -0.25) is 4.21 Å². The van der Waals surface area contributed by atoms with Crippen LogP contribution in [0.1, 0.15) is 11.1 Å². The SMILES string of the molecule is C=S1(=O)C=Cc2ccc(CS(=O)(=O)c3ccccc3)cc21. The average Bonchev–Trinajstić information content (AvgIpc) is 2.75. The van der Waals surface area contributed by atoms with E-state index < -0.39 is 19.4 Å². The number of hydrogen-bond acceptors (Lipinski definition) is 3. The van der Waals surface area contributed by atoms with Gasteiger partial charge in [0.25, 0.3) is 0 Å². The van der Waals surface area contributed by atoms with E-state index in [0.717, 1.165) is 5.56 Å². The maximum atomic E-state index is 12.4. The van der Waals surface area contributed by atoms with Crippen LogP contribution in [0.5, 0.6) is 0 Å². The summed E-state index contributed by atoms with van der Waals surface area (Å²) in [5, 5.41) is 1.58. The Labute approximate surface area is 124 Å². The van der Waals surface area contributed by atoms with Gasteiger partial charge in [-0.25, -0.2) is 8.42 Å². The minimum absolute atomic E-state index is 0.111. The van der Waals surface area contributed by atoms with E-state index in [1.54, 1.807) is 60.0 Å². The predicted molar refractivity (Wildman–Crippen MR) is 86.3 cm³/mol. The molecule has 0 saturated heterocycles. The summed E-state index contributed by atoms with van der Waals surface area (Å²) in [6.45, 7) is 0. The highest BCUT2D eigenvalue weighted by atomic mass is 32.2. The van der Waals surface area contributed by atoms with E-state index in [9.17, 15) is 12.6 Å². The van der Waals surface area contributed by atoms with E-state index in [4.69, 9.17) is 0 Å². The van der Waals surface area contributed by atoms with Crippen molar-refractivity contribution < 1.29 is 12.6 Å². The molecule has 1 atom stereocenters. The van der Waals surface area contributed by atoms with Crippen LogP contribution in [-0.4, -0.2) is 18.5 Å². The first-order valence-electron chi connectivity index (χ1n) is 6.35. The standard InChI is InChI=1S/C16H14O3S2/c1-20(17)10-9-14-8-7-13(11-16(14)20)12-21(18,19)15-5-3-2-4-6-15/h2-11H,1,12H2. The van der Waals surface area contributed by atoms with Crippen LogP contribution in [-0.2, 0) is 25.1 Å². The first-order chi connectivity index (χ1) is 9.88. The largest absolute Gasteiger partial charge is 0.259 e. The average molecular weight is 318 g/mol. The molecule has 3 rings (SSSR count). The highest BCUT2D eigenvalue weighted by Crippen LogP contribution is 2.28. The fourth-order valence-corrected chi connectivity index (χ4v) is 5.05. The highest BCUT2D eigenvalue weighted by molar-refractivity contribution is 8.03. The van der Waals surface area contributed by atoms with Crippen molar-refractivity contribution in [3.63, 3.8) is 0 Å². The van der Waals surface area contributed by atoms with Gasteiger partial charge in [0.05, 0.1) is 10.6 Å². The van der Waals surface area contributed by atoms with Crippen molar-refractivity contribution in [2.75, 3.05) is 0 Å². The van der Waals surface area contributed by atoms with E-state index in [1.807, 2.05) is 0 Å². The topological polar surface area (TPSA) is 51.2 Å². The Morgan fingerprint density at radius 2 is 1.76 bits per heavy atom. The normalized spacial score (nSPS) is 20.4. The van der Waals surface area contributed by atoms with Crippen molar-refractivity contribution >= 4 is 31.3 Å². The van der Waals surface area contributed by atoms with Crippen molar-refractivity contribution in [2.45, 2.75) is 15.5 Å². The van der Waals surface area contributed by atoms with Gasteiger partial charge in [0.15, 0.2) is 9.84 Å². The fourth-order valence-electron chi connectivity index (χ4n) is 2.29. The number of fused-ring (bicyclic) bond motifs is 1. The molecule has 21 heavy (non-hydrogen) atoms. The Balaban J connectivity index is 1.98. The molecular formula is C16H14O3S2. The van der Waals surface area contributed by atoms with Crippen LogP contribution in [0.3, 0.4) is 0 Å². The number of hydrogen-bond donors (Lipinski definition) is 0. The van der Waals surface area contributed by atoms with E-state index in [-0.39, 0.29) is 5.75 Å². The van der Waals surface area contributed by atoms with Crippen molar-refractivity contribution in [3.8, 4) is 0 Å². The summed E-state index contributed by atoms with van der Waals surface area (Å²) in [4.78, 5) is 0.905. The molecule has 3 nitrogen and oxygen atoms in total. The Morgan fingerprint density at radius 3 is 2.48 bits per heavy atom. The highest BCUT2D eigenvalue weighted by Gasteiger charge is 2.19. The molecule has 0 aliphatic carbocycles. The van der Waals surface area contributed by atoms with E-state index in [2.05, 4.69) is 5.87 Å². The number of rotatable bonds is 3. The van der Waals surface area contributed by atoms with E-state index in [0.29, 0.717) is 15.4 Å². The van der Waals surface area contributed by atoms with Gasteiger partial charge in [0.2, 0.25) is 0 Å². The molecule has 5 heteroatoms. The maximum Gasteiger partial charge on any atom is 0.182 e. The van der Waals surface area contributed by atoms with Gasteiger partial charge in [-0.05, 0) is 46.7 Å². The fraction of sp³-hybridized carbons (Fsp3) is 0.0625. The third-order valence-corrected chi connectivity index (χ3v) is 6.75. The monoisotopic (exact) mass is 318 g/mol. The van der Waals surface area contributed by atoms with Crippen molar-refractivity contribution in [2.24, 2.45) is 0 Å². The lowest BCUT2D eigenvalue weighted by Crippen LogP contribution is -2.05. The van der Waals surface area contributed by atoms with Crippen molar-refractivity contribution in [1.82, 2.24) is 0 Å². The van der Waals surface area contributed by atoms with Gasteiger partial charge >= 0.3 is 0 Å². The molecule has 0 aromatic heterocycles. The lowest BCUT2D eigenvalue weighted by Gasteiger charge is -2.08. The number of benzene rings is 2. The molecule has 0 bridgehead atoms. The van der Waals surface area contributed by atoms with Crippen LogP contribution >= 0.6 is 0 Å². The lowest BCUT2D eigenvalue weighted by atomic mass is 10.1. The van der Waals surface area contributed by atoms with Crippen LogP contribution in [0.2, 0.25) is 0 Å². The van der Waals surface area contributed by atoms with Gasteiger partial charge in [0.1, 0.15) is 0 Å². The quantitative estimate of drug-likeness (QED) is 0.818. The Kier molecular flexibility index (Phi) is 3.26. The zero-order valence-corrected chi connectivity index (χ0v) is 12.9. The van der Waals surface area contributed by atoms with Gasteiger partial charge in [0, 0.05) is 14.4 Å². The second-order valence-corrected chi connectivity index (χ2v) is 9.13. The van der Waals surface area contributed by atoms with Gasteiger partial charge < -0.3 is 0 Å². The molecule has 108 valence electrons. The molecule has 0 amide bonds. The minimum Gasteiger partial charge on any atom is -0.259 e. The summed E-state index contributed by atoms with van der Waals surface area (Å²) in [6.07, 6.45) is 1.76. The Morgan fingerprint density at radius 1 is 1.05 bits per heavy atom. The van der Waals surface area contributed by atoms with Crippen LogP contribution in [0.4, 0.5) is 0 Å². The molecule has 0 saturated carbocycles. The molecule has 2 aromatic rings. The number of sulfone groups is 1. The van der Waals surface area contributed by atoms with Gasteiger partial charge in [-0.2, -0.15) is 0 Å². The molecule has 1 heterocycles. The summed E-state index contributed by atoms with van der Waals surface area (Å²) in [7, 11) is -5.83. The van der Waals surface area contributed by atoms with Crippen LogP contribution in [0.15, 0.2) is 63.7 Å². The molecular weight excluding hydrogens is 304 g/mol.